The number of hydrogen-bond donors (Lipinski definition) is 1. The van der Waals surface area contributed by atoms with Crippen molar-refractivity contribution >= 4 is 29.2 Å². The van der Waals surface area contributed by atoms with Crippen LogP contribution in [0.3, 0.4) is 0 Å². The summed E-state index contributed by atoms with van der Waals surface area (Å²) in [4.78, 5) is 25.0. The van der Waals surface area contributed by atoms with Gasteiger partial charge in [-0.25, -0.2) is 9.59 Å². The highest BCUT2D eigenvalue weighted by molar-refractivity contribution is 6.34. The SMILES string of the molecule is COC(=O)C1=C(C(=O)OC)N(c2c(O)cc(C(F)(F)F)cc2Cl)COC1. The molecule has 0 saturated carbocycles. The Hall–Kier alpha value is -2.46. The fourth-order valence-electron chi connectivity index (χ4n) is 2.34. The molecule has 0 fully saturated rings. The van der Waals surface area contributed by atoms with Crippen molar-refractivity contribution in [2.45, 2.75) is 6.18 Å². The third kappa shape index (κ3) is 3.70. The maximum Gasteiger partial charge on any atom is 0.416 e. The molecule has 1 aliphatic rings. The number of methoxy groups -OCH3 is 2. The van der Waals surface area contributed by atoms with Gasteiger partial charge in [-0.3, -0.25) is 0 Å². The topological polar surface area (TPSA) is 85.3 Å². The molecule has 0 saturated heterocycles. The Morgan fingerprint density at radius 2 is 1.85 bits per heavy atom. The number of ether oxygens (including phenoxy) is 3. The lowest BCUT2D eigenvalue weighted by Gasteiger charge is -2.32. The van der Waals surface area contributed by atoms with E-state index in [1.807, 2.05) is 0 Å². The first kappa shape index (κ1) is 19.9. The summed E-state index contributed by atoms with van der Waals surface area (Å²) in [6, 6.07) is 1.03. The molecule has 0 aromatic heterocycles. The molecule has 1 heterocycles. The molecular weight excluding hydrogens is 383 g/mol. The number of alkyl halides is 3. The molecule has 0 bridgehead atoms. The zero-order valence-corrected chi connectivity index (χ0v) is 14.3. The van der Waals surface area contributed by atoms with Crippen LogP contribution in [-0.2, 0) is 30.0 Å². The zero-order valence-electron chi connectivity index (χ0n) is 13.5. The Morgan fingerprint density at radius 3 is 2.35 bits per heavy atom. The van der Waals surface area contributed by atoms with Gasteiger partial charge in [0.2, 0.25) is 0 Å². The van der Waals surface area contributed by atoms with E-state index in [1.54, 1.807) is 0 Å². The minimum atomic E-state index is -4.74. The summed E-state index contributed by atoms with van der Waals surface area (Å²) in [6.07, 6.45) is -4.74. The summed E-state index contributed by atoms with van der Waals surface area (Å²) in [5, 5.41) is 9.56. The minimum Gasteiger partial charge on any atom is -0.506 e. The molecule has 1 aromatic carbocycles. The quantitative estimate of drug-likeness (QED) is 0.787. The predicted molar refractivity (Wildman–Crippen MR) is 82.5 cm³/mol. The monoisotopic (exact) mass is 395 g/mol. The maximum atomic E-state index is 12.8. The second-order valence-corrected chi connectivity index (χ2v) is 5.45. The summed E-state index contributed by atoms with van der Waals surface area (Å²) < 4.78 is 52.9. The molecule has 1 N–H and O–H groups in total. The van der Waals surface area contributed by atoms with Crippen LogP contribution in [0, 0.1) is 0 Å². The third-order valence-electron chi connectivity index (χ3n) is 3.47. The van der Waals surface area contributed by atoms with E-state index in [4.69, 9.17) is 16.3 Å². The number of benzene rings is 1. The highest BCUT2D eigenvalue weighted by atomic mass is 35.5. The van der Waals surface area contributed by atoms with Crippen molar-refractivity contribution in [3.8, 4) is 5.75 Å². The van der Waals surface area contributed by atoms with Crippen LogP contribution in [0.25, 0.3) is 0 Å². The van der Waals surface area contributed by atoms with Crippen molar-refractivity contribution in [3.05, 3.63) is 34.0 Å². The van der Waals surface area contributed by atoms with Gasteiger partial charge in [-0.05, 0) is 12.1 Å². The van der Waals surface area contributed by atoms with Crippen LogP contribution >= 0.6 is 11.6 Å². The number of esters is 2. The van der Waals surface area contributed by atoms with Gasteiger partial charge in [-0.1, -0.05) is 11.6 Å². The Morgan fingerprint density at radius 1 is 1.23 bits per heavy atom. The van der Waals surface area contributed by atoms with E-state index >= 15 is 0 Å². The molecule has 0 radical (unpaired) electrons. The Balaban J connectivity index is 2.66. The van der Waals surface area contributed by atoms with Crippen molar-refractivity contribution in [3.63, 3.8) is 0 Å². The van der Waals surface area contributed by atoms with Crippen molar-refractivity contribution in [2.75, 3.05) is 32.5 Å². The number of aromatic hydroxyl groups is 1. The van der Waals surface area contributed by atoms with Crippen LogP contribution in [0.1, 0.15) is 5.56 Å². The van der Waals surface area contributed by atoms with Gasteiger partial charge in [0, 0.05) is 0 Å². The Labute approximate surface area is 150 Å². The first-order chi connectivity index (χ1) is 12.1. The van der Waals surface area contributed by atoms with Crippen molar-refractivity contribution in [1.82, 2.24) is 0 Å². The van der Waals surface area contributed by atoms with Gasteiger partial charge in [0.25, 0.3) is 0 Å². The van der Waals surface area contributed by atoms with E-state index in [9.17, 15) is 27.9 Å². The molecular formula is C15H13ClF3NO6. The summed E-state index contributed by atoms with van der Waals surface area (Å²) in [6.45, 7) is -0.670. The summed E-state index contributed by atoms with van der Waals surface area (Å²) in [5.41, 5.74) is -2.12. The van der Waals surface area contributed by atoms with E-state index in [0.717, 1.165) is 19.1 Å². The molecule has 2 rings (SSSR count). The molecule has 0 atom stereocenters. The van der Waals surface area contributed by atoms with Crippen LogP contribution in [-0.4, -0.2) is 44.6 Å². The normalized spacial score (nSPS) is 15.1. The average molecular weight is 396 g/mol. The molecule has 0 aliphatic carbocycles. The lowest BCUT2D eigenvalue weighted by molar-refractivity contribution is -0.140. The van der Waals surface area contributed by atoms with Crippen LogP contribution in [0.2, 0.25) is 5.02 Å². The number of nitrogens with zero attached hydrogens (tertiary/aromatic N) is 1. The number of phenolic OH excluding ortho intramolecular Hbond substituents is 1. The lowest BCUT2D eigenvalue weighted by Crippen LogP contribution is -2.39. The van der Waals surface area contributed by atoms with E-state index < -0.39 is 34.5 Å². The van der Waals surface area contributed by atoms with E-state index in [1.165, 1.54) is 0 Å². The number of rotatable bonds is 3. The predicted octanol–water partition coefficient (Wildman–Crippen LogP) is 2.46. The zero-order chi connectivity index (χ0) is 19.6. The first-order valence-corrected chi connectivity index (χ1v) is 7.34. The van der Waals surface area contributed by atoms with Gasteiger partial charge >= 0.3 is 18.1 Å². The van der Waals surface area contributed by atoms with Gasteiger partial charge in [-0.15, -0.1) is 0 Å². The number of carbonyl (C=O) groups is 2. The van der Waals surface area contributed by atoms with Gasteiger partial charge in [0.1, 0.15) is 23.9 Å². The van der Waals surface area contributed by atoms with Gasteiger partial charge in [0.15, 0.2) is 0 Å². The first-order valence-electron chi connectivity index (χ1n) is 6.96. The number of hydrogen-bond acceptors (Lipinski definition) is 7. The maximum absolute atomic E-state index is 12.8. The molecule has 1 aromatic rings. The average Bonchev–Trinajstić information content (AvgIpc) is 2.58. The van der Waals surface area contributed by atoms with E-state index in [-0.39, 0.29) is 30.3 Å². The van der Waals surface area contributed by atoms with Crippen molar-refractivity contribution in [1.29, 1.82) is 0 Å². The molecule has 7 nitrogen and oxygen atoms in total. The third-order valence-corrected chi connectivity index (χ3v) is 3.76. The van der Waals surface area contributed by atoms with Crippen molar-refractivity contribution < 1.29 is 42.1 Å². The molecule has 1 aliphatic heterocycles. The molecule has 142 valence electrons. The summed E-state index contributed by atoms with van der Waals surface area (Å²) in [7, 11) is 2.12. The lowest BCUT2D eigenvalue weighted by atomic mass is 10.1. The number of halogens is 4. The van der Waals surface area contributed by atoms with Gasteiger partial charge < -0.3 is 24.2 Å². The highest BCUT2D eigenvalue weighted by Gasteiger charge is 2.37. The van der Waals surface area contributed by atoms with Crippen LogP contribution in [0.15, 0.2) is 23.4 Å². The standard InChI is InChI=1S/C15H13ClF3NO6/c1-24-13(22)8-5-26-6-20(11(8)14(23)25-2)12-9(16)3-7(4-10(12)21)15(17,18)19/h3-4,21H,5-6H2,1-2H3. The number of carbonyl (C=O) groups excluding carboxylic acids is 2. The van der Waals surface area contributed by atoms with E-state index in [0.29, 0.717) is 12.1 Å². The fourth-order valence-corrected chi connectivity index (χ4v) is 2.65. The van der Waals surface area contributed by atoms with Crippen LogP contribution in [0.5, 0.6) is 5.75 Å². The molecule has 0 unspecified atom stereocenters. The molecule has 0 spiro atoms. The Kier molecular flexibility index (Phi) is 5.67. The minimum absolute atomic E-state index is 0.235. The number of anilines is 1. The Bertz CT molecular complexity index is 754. The largest absolute Gasteiger partial charge is 0.506 e. The second-order valence-electron chi connectivity index (χ2n) is 5.04. The van der Waals surface area contributed by atoms with E-state index in [2.05, 4.69) is 9.47 Å². The molecule has 11 heteroatoms. The second kappa shape index (κ2) is 7.42. The summed E-state index contributed by atoms with van der Waals surface area (Å²) in [5.74, 6) is -2.75. The van der Waals surface area contributed by atoms with Crippen LogP contribution in [0.4, 0.5) is 18.9 Å². The van der Waals surface area contributed by atoms with Crippen LogP contribution < -0.4 is 4.90 Å². The van der Waals surface area contributed by atoms with Crippen molar-refractivity contribution in [2.24, 2.45) is 0 Å². The number of phenols is 1. The molecule has 26 heavy (non-hydrogen) atoms. The highest BCUT2D eigenvalue weighted by Crippen LogP contribution is 2.43. The smallest absolute Gasteiger partial charge is 0.416 e. The van der Waals surface area contributed by atoms with Gasteiger partial charge in [0.05, 0.1) is 37.0 Å². The van der Waals surface area contributed by atoms with Gasteiger partial charge in [-0.2, -0.15) is 13.2 Å². The molecule has 0 amide bonds. The fraction of sp³-hybridized carbons (Fsp3) is 0.333. The summed E-state index contributed by atoms with van der Waals surface area (Å²) >= 11 is 5.90.